The zero-order valence-corrected chi connectivity index (χ0v) is 30.4. The van der Waals surface area contributed by atoms with Gasteiger partial charge in [0.05, 0.1) is 22.8 Å². The molecule has 0 radical (unpaired) electrons. The molecule has 2 bridgehead atoms. The molecule has 1 saturated carbocycles. The summed E-state index contributed by atoms with van der Waals surface area (Å²) in [6.07, 6.45) is 10.1. The van der Waals surface area contributed by atoms with Gasteiger partial charge in [-0.3, -0.25) is 0 Å². The molecule has 2 aliphatic heterocycles. The number of rotatable bonds is 5. The fourth-order valence-electron chi connectivity index (χ4n) is 11.5. The first-order valence-electron chi connectivity index (χ1n) is 18.9. The predicted octanol–water partition coefficient (Wildman–Crippen LogP) is 6.71. The number of hydrogen-bond donors (Lipinski definition) is 2. The summed E-state index contributed by atoms with van der Waals surface area (Å²) in [5.41, 5.74) is 2.44. The van der Waals surface area contributed by atoms with E-state index in [-0.39, 0.29) is 24.1 Å². The molecular weight excluding hydrogens is 678 g/mol. The van der Waals surface area contributed by atoms with Crippen molar-refractivity contribution in [1.82, 2.24) is 19.6 Å². The van der Waals surface area contributed by atoms with E-state index in [1.807, 2.05) is 26.0 Å². The quantitative estimate of drug-likeness (QED) is 0.219. The van der Waals surface area contributed by atoms with E-state index in [1.54, 1.807) is 13.2 Å². The minimum absolute atomic E-state index is 0.0150. The van der Waals surface area contributed by atoms with Gasteiger partial charge in [-0.15, -0.1) is 0 Å². The molecule has 9 nitrogen and oxygen atoms in total. The van der Waals surface area contributed by atoms with Gasteiger partial charge < -0.3 is 33.7 Å². The third-order valence-corrected chi connectivity index (χ3v) is 13.8. The van der Waals surface area contributed by atoms with Crippen LogP contribution in [0.15, 0.2) is 76.4 Å². The molecule has 11 heteroatoms. The number of aliphatic hydroxyl groups excluding tert-OH is 2. The van der Waals surface area contributed by atoms with Crippen LogP contribution in [0.3, 0.4) is 0 Å². The number of halogens is 2. The van der Waals surface area contributed by atoms with Crippen LogP contribution in [-0.4, -0.2) is 74.9 Å². The summed E-state index contributed by atoms with van der Waals surface area (Å²) in [5.74, 6) is -0.818. The summed E-state index contributed by atoms with van der Waals surface area (Å²) in [5, 5.41) is 29.3. The Labute approximate surface area is 306 Å². The van der Waals surface area contributed by atoms with Crippen LogP contribution >= 0.6 is 0 Å². The van der Waals surface area contributed by atoms with Gasteiger partial charge in [0.25, 0.3) is 0 Å². The second-order valence-corrected chi connectivity index (χ2v) is 16.1. The van der Waals surface area contributed by atoms with Crippen LogP contribution in [0.5, 0.6) is 0 Å². The fraction of sp³-hybridized carbons (Fsp3) is 0.476. The highest BCUT2D eigenvalue weighted by atomic mass is 19.2. The Bertz CT molecular complexity index is 2250. The first kappa shape index (κ1) is 33.6. The molecule has 2 saturated heterocycles. The highest BCUT2D eigenvalue weighted by Crippen LogP contribution is 2.76. The number of nitrogens with zero attached hydrogens (tertiary/aromatic N) is 4. The maximum Gasteiger partial charge on any atom is 0.167 e. The number of aromatic nitrogens is 3. The van der Waals surface area contributed by atoms with Crippen molar-refractivity contribution >= 4 is 11.0 Å². The number of allylic oxidation sites excluding steroid dienone is 1. The summed E-state index contributed by atoms with van der Waals surface area (Å²) < 4.78 is 51.3. The Balaban J connectivity index is 1.30. The number of fused-ring (bicyclic) bond motifs is 1. The summed E-state index contributed by atoms with van der Waals surface area (Å²) in [6.45, 7) is 4.54. The Morgan fingerprint density at radius 3 is 2.51 bits per heavy atom. The van der Waals surface area contributed by atoms with E-state index in [4.69, 9.17) is 19.0 Å². The van der Waals surface area contributed by atoms with Crippen LogP contribution in [-0.2, 0) is 20.7 Å². The number of hydrogen-bond acceptors (Lipinski definition) is 8. The molecule has 2 aromatic carbocycles. The molecule has 53 heavy (non-hydrogen) atoms. The lowest BCUT2D eigenvalue weighted by Crippen LogP contribution is -2.66. The lowest BCUT2D eigenvalue weighted by atomic mass is 9.46. The second kappa shape index (κ2) is 11.5. The molecule has 0 amide bonds. The lowest BCUT2D eigenvalue weighted by molar-refractivity contribution is -0.227. The van der Waals surface area contributed by atoms with E-state index in [9.17, 15) is 14.6 Å². The first-order chi connectivity index (χ1) is 25.5. The summed E-state index contributed by atoms with van der Waals surface area (Å²) in [6, 6.07) is 10.1. The van der Waals surface area contributed by atoms with E-state index in [0.29, 0.717) is 36.5 Å². The Hall–Kier alpha value is -4.00. The molecule has 2 aromatic heterocycles. The van der Waals surface area contributed by atoms with Crippen molar-refractivity contribution in [3.63, 3.8) is 0 Å². The molecule has 1 spiro atoms. The van der Waals surface area contributed by atoms with Crippen molar-refractivity contribution < 1.29 is 33.0 Å². The fourth-order valence-corrected chi connectivity index (χ4v) is 11.5. The monoisotopic (exact) mass is 722 g/mol. The van der Waals surface area contributed by atoms with E-state index in [2.05, 4.69) is 45.9 Å². The highest BCUT2D eigenvalue weighted by molar-refractivity contribution is 5.84. The first-order valence-corrected chi connectivity index (χ1v) is 18.9. The molecule has 276 valence electrons. The van der Waals surface area contributed by atoms with Crippen molar-refractivity contribution in [2.45, 2.75) is 94.0 Å². The molecule has 10 rings (SSSR count). The molecule has 6 aliphatic rings. The van der Waals surface area contributed by atoms with Crippen LogP contribution in [0.4, 0.5) is 8.78 Å². The summed E-state index contributed by atoms with van der Waals surface area (Å²) in [7, 11) is 3.90. The number of aliphatic hydroxyl groups is 2. The molecule has 3 fully saturated rings. The topological polar surface area (TPSA) is 106 Å². The van der Waals surface area contributed by atoms with Crippen LogP contribution in [0.1, 0.15) is 67.4 Å². The van der Waals surface area contributed by atoms with Crippen molar-refractivity contribution in [3.05, 3.63) is 106 Å². The van der Waals surface area contributed by atoms with E-state index in [0.717, 1.165) is 76.8 Å². The van der Waals surface area contributed by atoms with Crippen molar-refractivity contribution in [3.8, 4) is 11.1 Å². The van der Waals surface area contributed by atoms with Gasteiger partial charge >= 0.3 is 0 Å². The van der Waals surface area contributed by atoms with Gasteiger partial charge in [0, 0.05) is 36.1 Å². The van der Waals surface area contributed by atoms with Crippen molar-refractivity contribution in [2.75, 3.05) is 20.7 Å². The number of imidazole rings is 1. The average Bonchev–Trinajstić information content (AvgIpc) is 3.80. The number of piperidine rings is 1. The van der Waals surface area contributed by atoms with Gasteiger partial charge in [-0.25, -0.2) is 13.8 Å². The van der Waals surface area contributed by atoms with Crippen LogP contribution in [0.25, 0.3) is 22.2 Å². The minimum Gasteiger partial charge on any atom is -0.385 e. The Morgan fingerprint density at radius 1 is 0.962 bits per heavy atom. The maximum atomic E-state index is 15.3. The molecule has 2 unspecified atom stereocenters. The smallest absolute Gasteiger partial charge is 0.167 e. The zero-order chi connectivity index (χ0) is 36.6. The van der Waals surface area contributed by atoms with Crippen LogP contribution < -0.4 is 0 Å². The van der Waals surface area contributed by atoms with Crippen LogP contribution in [0.2, 0.25) is 0 Å². The third-order valence-electron chi connectivity index (χ3n) is 13.8. The highest BCUT2D eigenvalue weighted by Gasteiger charge is 2.80. The van der Waals surface area contributed by atoms with Crippen LogP contribution in [0, 0.1) is 36.8 Å². The molecule has 4 aliphatic carbocycles. The summed E-state index contributed by atoms with van der Waals surface area (Å²) in [4.78, 5) is 7.92. The number of methoxy groups -OCH3 is 1. The van der Waals surface area contributed by atoms with Gasteiger partial charge in [0.15, 0.2) is 17.2 Å². The maximum absolute atomic E-state index is 15.3. The normalized spacial score (nSPS) is 36.1. The number of ether oxygens (including phenoxy) is 2. The van der Waals surface area contributed by atoms with E-state index < -0.39 is 40.5 Å². The molecule has 7 atom stereocenters. The van der Waals surface area contributed by atoms with Gasteiger partial charge in [-0.2, -0.15) is 0 Å². The lowest BCUT2D eigenvalue weighted by Gasteiger charge is -2.61. The van der Waals surface area contributed by atoms with E-state index in [1.165, 1.54) is 6.07 Å². The number of benzene rings is 2. The molecular formula is C42H44F2N4O5. The van der Waals surface area contributed by atoms with Gasteiger partial charge in [0.2, 0.25) is 0 Å². The van der Waals surface area contributed by atoms with Gasteiger partial charge in [-0.1, -0.05) is 41.6 Å². The molecule has 4 aromatic rings. The van der Waals surface area contributed by atoms with Gasteiger partial charge in [-0.05, 0) is 113 Å². The Morgan fingerprint density at radius 2 is 1.77 bits per heavy atom. The number of aryl methyl sites for hydroxylation is 2. The third kappa shape index (κ3) is 4.17. The van der Waals surface area contributed by atoms with Crippen molar-refractivity contribution in [2.24, 2.45) is 11.3 Å². The Kier molecular flexibility index (Phi) is 7.29. The second-order valence-electron chi connectivity index (χ2n) is 16.1. The average molecular weight is 723 g/mol. The van der Waals surface area contributed by atoms with E-state index >= 15 is 4.39 Å². The molecule has 2 N–H and O–H groups in total. The molecule has 4 heterocycles. The SMILES string of the molecule is CO[C@H]1CC[C@H](n2c([C@]34OC5(c6ccc(F)c(F)c6)C6=C(C=CC5O)C[C@@H]5[C@H](C=C[C@@H]3O)[C@@]64CCN5C)nc3cc(-c4c(C)noc4C)ccc32)CC1. The predicted molar refractivity (Wildman–Crippen MR) is 193 cm³/mol. The zero-order valence-electron chi connectivity index (χ0n) is 30.4. The summed E-state index contributed by atoms with van der Waals surface area (Å²) >= 11 is 0. The van der Waals surface area contributed by atoms with Gasteiger partial charge in [0.1, 0.15) is 29.4 Å². The largest absolute Gasteiger partial charge is 0.385 e. The van der Waals surface area contributed by atoms with Crippen molar-refractivity contribution in [1.29, 1.82) is 0 Å². The number of likely N-dealkylation sites (tertiary alicyclic amines) is 1. The standard InChI is InChI=1S/C42H44F2N4O5/c1-22-37(23(2)52-46-22)24-5-14-33-32(19-24)45-39(48(33)27-8-10-28(51-4)11-9-27)42-36(50)16-12-29-34-20-25-6-15-35(49)41(53-42,26-7-13-30(43)31(44)21-26)38(25)40(29,42)17-18-47(34)3/h5-7,12-16,19,21,27-29,34-36,49-50H,8-11,17-18,20H2,1-4H3/t27-,28-,29-,34+,35?,36-,40-,41?,42+/m0/s1. The minimum atomic E-state index is -1.61.